The molecule has 0 unspecified atom stereocenters. The van der Waals surface area contributed by atoms with Crippen LogP contribution in [-0.4, -0.2) is 29.5 Å². The Hall–Kier alpha value is -2.80. The first-order valence-corrected chi connectivity index (χ1v) is 11.9. The number of nitriles is 1. The van der Waals surface area contributed by atoms with Crippen LogP contribution in [0, 0.1) is 42.9 Å². The number of rotatable bonds is 4. The van der Waals surface area contributed by atoms with Gasteiger partial charge in [-0.25, -0.2) is 0 Å². The van der Waals surface area contributed by atoms with Crippen LogP contribution in [0.15, 0.2) is 35.9 Å². The molecule has 1 aromatic carbocycles. The Morgan fingerprint density at radius 1 is 1.06 bits per heavy atom. The van der Waals surface area contributed by atoms with Gasteiger partial charge < -0.3 is 9.47 Å². The molecule has 4 fully saturated rings. The van der Waals surface area contributed by atoms with Crippen molar-refractivity contribution in [1.82, 2.24) is 9.47 Å². The van der Waals surface area contributed by atoms with E-state index in [2.05, 4.69) is 54.8 Å². The molecule has 4 heteroatoms. The maximum absolute atomic E-state index is 12.3. The molecule has 4 aliphatic rings. The molecule has 0 aliphatic heterocycles. The van der Waals surface area contributed by atoms with Gasteiger partial charge in [-0.1, -0.05) is 12.1 Å². The predicted octanol–water partition coefficient (Wildman–Crippen LogP) is 5.56. The molecule has 166 valence electrons. The molecule has 4 aliphatic carbocycles. The minimum absolute atomic E-state index is 0.160. The summed E-state index contributed by atoms with van der Waals surface area (Å²) < 4.78 is 2.23. The van der Waals surface area contributed by atoms with E-state index >= 15 is 0 Å². The second-order valence-electron chi connectivity index (χ2n) is 10.8. The highest BCUT2D eigenvalue weighted by molar-refractivity contribution is 6.01. The number of nitrogens with zero attached hydrogens (tertiary/aromatic N) is 3. The van der Waals surface area contributed by atoms with Gasteiger partial charge >= 0.3 is 0 Å². The highest BCUT2D eigenvalue weighted by atomic mass is 16.2. The van der Waals surface area contributed by atoms with Crippen LogP contribution < -0.4 is 0 Å². The Kier molecular flexibility index (Phi) is 5.04. The van der Waals surface area contributed by atoms with E-state index in [1.54, 1.807) is 20.2 Å². The van der Waals surface area contributed by atoms with Gasteiger partial charge in [0, 0.05) is 31.2 Å². The maximum atomic E-state index is 12.3. The molecular weight excluding hydrogens is 394 g/mol. The van der Waals surface area contributed by atoms with Crippen LogP contribution in [0.4, 0.5) is 0 Å². The quantitative estimate of drug-likeness (QED) is 0.474. The average molecular weight is 428 g/mol. The third-order valence-electron chi connectivity index (χ3n) is 8.30. The second-order valence-corrected chi connectivity index (χ2v) is 10.8. The summed E-state index contributed by atoms with van der Waals surface area (Å²) in [5.41, 5.74) is 6.31. The van der Waals surface area contributed by atoms with Gasteiger partial charge in [0.2, 0.25) is 0 Å². The molecule has 4 bridgehead atoms. The predicted molar refractivity (Wildman–Crippen MR) is 127 cm³/mol. The van der Waals surface area contributed by atoms with Crippen LogP contribution in [0.25, 0.3) is 11.8 Å². The molecular formula is C28H33N3O. The number of likely N-dealkylation sites (N-methyl/N-ethyl adjacent to an activating group) is 1. The Morgan fingerprint density at radius 2 is 1.62 bits per heavy atom. The van der Waals surface area contributed by atoms with Crippen LogP contribution in [0.2, 0.25) is 0 Å². The standard InChI is InChI=1S/C28H33N3O/c1-18-9-23(13-24(17-29)27(32)30(3)4)19(2)31(18)26-7-5-25(6-8-26)28-14-20-10-21(15-28)12-22(11-20)16-28/h5-9,13,20-22H,10-12,14-16H2,1-4H3/b24-13-. The summed E-state index contributed by atoms with van der Waals surface area (Å²) >= 11 is 0. The van der Waals surface area contributed by atoms with Gasteiger partial charge in [-0.15, -0.1) is 0 Å². The fourth-order valence-electron chi connectivity index (χ4n) is 7.30. The van der Waals surface area contributed by atoms with E-state index in [9.17, 15) is 10.1 Å². The van der Waals surface area contributed by atoms with E-state index in [1.165, 1.54) is 49.0 Å². The maximum Gasteiger partial charge on any atom is 0.264 e. The van der Waals surface area contributed by atoms with Gasteiger partial charge in [-0.3, -0.25) is 4.79 Å². The SMILES string of the molecule is Cc1cc(/C=C(/C#N)C(=O)N(C)C)c(C)n1-c1ccc(C23CC4CC(CC(C4)C2)C3)cc1. The van der Waals surface area contributed by atoms with E-state index in [0.29, 0.717) is 5.41 Å². The molecule has 0 atom stereocenters. The van der Waals surface area contributed by atoms with Crippen LogP contribution in [0.1, 0.15) is 61.0 Å². The number of aryl methyl sites for hydroxylation is 1. The minimum atomic E-state index is -0.266. The van der Waals surface area contributed by atoms with Gasteiger partial charge in [-0.2, -0.15) is 5.26 Å². The van der Waals surface area contributed by atoms with Crippen molar-refractivity contribution in [3.05, 3.63) is 58.4 Å². The molecule has 1 aromatic heterocycles. The monoisotopic (exact) mass is 427 g/mol. The third kappa shape index (κ3) is 3.39. The zero-order valence-corrected chi connectivity index (χ0v) is 19.7. The number of hydrogen-bond acceptors (Lipinski definition) is 2. The van der Waals surface area contributed by atoms with Crippen molar-refractivity contribution < 1.29 is 4.79 Å². The summed E-state index contributed by atoms with van der Waals surface area (Å²) in [5, 5.41) is 9.47. The average Bonchev–Trinajstić information content (AvgIpc) is 3.03. The van der Waals surface area contributed by atoms with Gasteiger partial charge in [0.25, 0.3) is 5.91 Å². The molecule has 0 N–H and O–H groups in total. The summed E-state index contributed by atoms with van der Waals surface area (Å²) in [7, 11) is 3.34. The van der Waals surface area contributed by atoms with Crippen LogP contribution >= 0.6 is 0 Å². The molecule has 1 amide bonds. The highest BCUT2D eigenvalue weighted by Gasteiger charge is 2.51. The summed E-state index contributed by atoms with van der Waals surface area (Å²) in [6, 6.07) is 13.4. The van der Waals surface area contributed by atoms with Crippen molar-refractivity contribution in [3.8, 4) is 11.8 Å². The summed E-state index contributed by atoms with van der Waals surface area (Å²) in [6.07, 6.45) is 10.3. The first-order chi connectivity index (χ1) is 15.3. The Labute approximate surface area is 191 Å². The molecule has 6 rings (SSSR count). The fraction of sp³-hybridized carbons (Fsp3) is 0.500. The molecule has 32 heavy (non-hydrogen) atoms. The topological polar surface area (TPSA) is 49.0 Å². The Morgan fingerprint density at radius 3 is 2.12 bits per heavy atom. The number of carbonyl (C=O) groups is 1. The van der Waals surface area contributed by atoms with E-state index in [1.807, 2.05) is 0 Å². The lowest BCUT2D eigenvalue weighted by Crippen LogP contribution is -2.48. The van der Waals surface area contributed by atoms with Crippen molar-refractivity contribution in [2.45, 2.75) is 57.8 Å². The number of aromatic nitrogens is 1. The van der Waals surface area contributed by atoms with Crippen LogP contribution in [0.3, 0.4) is 0 Å². The molecule has 0 saturated heterocycles. The normalized spacial score (nSPS) is 28.6. The largest absolute Gasteiger partial charge is 0.344 e. The zero-order valence-electron chi connectivity index (χ0n) is 19.7. The van der Waals surface area contributed by atoms with Crippen LogP contribution in [-0.2, 0) is 10.2 Å². The summed E-state index contributed by atoms with van der Waals surface area (Å²) in [4.78, 5) is 13.7. The summed E-state index contributed by atoms with van der Waals surface area (Å²) in [6.45, 7) is 4.14. The Balaban J connectivity index is 1.45. The third-order valence-corrected chi connectivity index (χ3v) is 8.30. The minimum Gasteiger partial charge on any atom is -0.344 e. The fourth-order valence-corrected chi connectivity index (χ4v) is 7.30. The van der Waals surface area contributed by atoms with Gasteiger partial charge in [-0.05, 0) is 111 Å². The molecule has 2 aromatic rings. The second kappa shape index (κ2) is 7.66. The molecule has 0 spiro atoms. The lowest BCUT2D eigenvalue weighted by molar-refractivity contribution is -0.124. The Bertz CT molecular complexity index is 1090. The number of amides is 1. The molecule has 4 saturated carbocycles. The first kappa shape index (κ1) is 21.1. The van der Waals surface area contributed by atoms with Gasteiger partial charge in [0.15, 0.2) is 0 Å². The van der Waals surface area contributed by atoms with E-state index < -0.39 is 0 Å². The van der Waals surface area contributed by atoms with Gasteiger partial charge in [0.1, 0.15) is 11.6 Å². The van der Waals surface area contributed by atoms with E-state index in [4.69, 9.17) is 0 Å². The highest BCUT2D eigenvalue weighted by Crippen LogP contribution is 2.60. The van der Waals surface area contributed by atoms with Crippen molar-refractivity contribution in [2.75, 3.05) is 14.1 Å². The van der Waals surface area contributed by atoms with Crippen molar-refractivity contribution in [1.29, 1.82) is 5.26 Å². The molecule has 1 heterocycles. The number of hydrogen-bond donors (Lipinski definition) is 0. The van der Waals surface area contributed by atoms with Crippen molar-refractivity contribution in [3.63, 3.8) is 0 Å². The lowest BCUT2D eigenvalue weighted by atomic mass is 9.48. The zero-order chi connectivity index (χ0) is 22.6. The first-order valence-electron chi connectivity index (χ1n) is 11.9. The summed E-state index contributed by atoms with van der Waals surface area (Å²) in [5.74, 6) is 2.58. The van der Waals surface area contributed by atoms with Crippen LogP contribution in [0.5, 0.6) is 0 Å². The smallest absolute Gasteiger partial charge is 0.264 e. The van der Waals surface area contributed by atoms with Crippen molar-refractivity contribution >= 4 is 12.0 Å². The molecule has 0 radical (unpaired) electrons. The van der Waals surface area contributed by atoms with Crippen molar-refractivity contribution in [2.24, 2.45) is 17.8 Å². The van der Waals surface area contributed by atoms with E-state index in [0.717, 1.165) is 40.4 Å². The molecule has 4 nitrogen and oxygen atoms in total. The van der Waals surface area contributed by atoms with Gasteiger partial charge in [0.05, 0.1) is 0 Å². The van der Waals surface area contributed by atoms with E-state index in [-0.39, 0.29) is 11.5 Å². The lowest BCUT2D eigenvalue weighted by Gasteiger charge is -2.57. The number of benzene rings is 1. The number of carbonyl (C=O) groups excluding carboxylic acids is 1.